The van der Waals surface area contributed by atoms with Gasteiger partial charge in [0.25, 0.3) is 5.91 Å². The maximum absolute atomic E-state index is 13.1. The molecule has 3 rings (SSSR count). The third-order valence-corrected chi connectivity index (χ3v) is 6.06. The van der Waals surface area contributed by atoms with E-state index in [1.807, 2.05) is 6.92 Å². The predicted molar refractivity (Wildman–Crippen MR) is 91.7 cm³/mol. The van der Waals surface area contributed by atoms with Crippen LogP contribution in [0.15, 0.2) is 18.2 Å². The van der Waals surface area contributed by atoms with E-state index in [4.69, 9.17) is 16.3 Å². The van der Waals surface area contributed by atoms with Gasteiger partial charge in [-0.05, 0) is 31.5 Å². The Labute approximate surface area is 153 Å². The number of halogens is 2. The minimum absolute atomic E-state index is 0.0696. The minimum Gasteiger partial charge on any atom is -0.454 e. The summed E-state index contributed by atoms with van der Waals surface area (Å²) in [6.45, 7) is 1.44. The lowest BCUT2D eigenvalue weighted by Gasteiger charge is -2.29. The Morgan fingerprint density at radius 1 is 1.52 bits per heavy atom. The number of nitrogens with one attached hydrogen (secondary N) is 1. The lowest BCUT2D eigenvalue weighted by molar-refractivity contribution is -0.155. The van der Waals surface area contributed by atoms with Gasteiger partial charge in [-0.15, -0.1) is 11.8 Å². The van der Waals surface area contributed by atoms with Crippen molar-refractivity contribution in [3.63, 3.8) is 0 Å². The summed E-state index contributed by atoms with van der Waals surface area (Å²) in [6, 6.07) is 3.07. The standard InChI is InChI=1S/C16H16ClFN2O4S/c1-16-5-4-14(22)20(16)12(8-25-16)15(23)24-7-13(21)19-9-2-3-11(18)10(17)6-9/h2-3,6,12H,4-5,7-8H2,1H3,(H,19,21)/t12-,16+/m1/s1. The fraction of sp³-hybridized carbons (Fsp3) is 0.438. The lowest BCUT2D eigenvalue weighted by Crippen LogP contribution is -2.47. The summed E-state index contributed by atoms with van der Waals surface area (Å²) >= 11 is 7.19. The molecule has 1 aromatic rings. The highest BCUT2D eigenvalue weighted by Gasteiger charge is 2.53. The van der Waals surface area contributed by atoms with Crippen molar-refractivity contribution in [2.75, 3.05) is 17.7 Å². The molecule has 6 nitrogen and oxygen atoms in total. The number of nitrogens with zero attached hydrogens (tertiary/aromatic N) is 1. The first-order chi connectivity index (χ1) is 11.8. The van der Waals surface area contributed by atoms with Gasteiger partial charge >= 0.3 is 5.97 Å². The monoisotopic (exact) mass is 386 g/mol. The lowest BCUT2D eigenvalue weighted by atomic mass is 10.2. The van der Waals surface area contributed by atoms with Crippen molar-refractivity contribution in [1.82, 2.24) is 4.90 Å². The number of hydrogen-bond acceptors (Lipinski definition) is 5. The van der Waals surface area contributed by atoms with Gasteiger partial charge in [-0.2, -0.15) is 0 Å². The number of esters is 1. The molecule has 134 valence electrons. The van der Waals surface area contributed by atoms with Crippen LogP contribution in [0, 0.1) is 5.82 Å². The van der Waals surface area contributed by atoms with Crippen LogP contribution in [-0.4, -0.2) is 46.0 Å². The number of benzene rings is 1. The van der Waals surface area contributed by atoms with Gasteiger partial charge in [-0.3, -0.25) is 9.59 Å². The molecule has 0 aliphatic carbocycles. The number of thioether (sulfide) groups is 1. The van der Waals surface area contributed by atoms with Crippen LogP contribution in [0.1, 0.15) is 19.8 Å². The van der Waals surface area contributed by atoms with Crippen molar-refractivity contribution >= 4 is 46.8 Å². The second-order valence-electron chi connectivity index (χ2n) is 6.05. The van der Waals surface area contributed by atoms with Gasteiger partial charge in [0, 0.05) is 17.9 Å². The third kappa shape index (κ3) is 3.59. The molecule has 2 atom stereocenters. The summed E-state index contributed by atoms with van der Waals surface area (Å²) < 4.78 is 18.1. The zero-order valence-corrected chi connectivity index (χ0v) is 15.0. The average Bonchev–Trinajstić information content (AvgIpc) is 3.05. The topological polar surface area (TPSA) is 75.7 Å². The minimum atomic E-state index is -0.668. The first kappa shape index (κ1) is 18.0. The molecule has 0 spiro atoms. The van der Waals surface area contributed by atoms with Gasteiger partial charge in [0.2, 0.25) is 5.91 Å². The number of rotatable bonds is 4. The summed E-state index contributed by atoms with van der Waals surface area (Å²) in [5.74, 6) is -1.38. The fourth-order valence-corrected chi connectivity index (χ4v) is 4.60. The van der Waals surface area contributed by atoms with E-state index in [1.165, 1.54) is 12.1 Å². The number of carbonyl (C=O) groups is 3. The fourth-order valence-electron chi connectivity index (χ4n) is 3.00. The molecule has 2 heterocycles. The van der Waals surface area contributed by atoms with Crippen LogP contribution in [0.25, 0.3) is 0 Å². The highest BCUT2D eigenvalue weighted by Crippen LogP contribution is 2.47. The van der Waals surface area contributed by atoms with Gasteiger partial charge in [0.15, 0.2) is 6.61 Å². The first-order valence-corrected chi connectivity index (χ1v) is 9.04. The quantitative estimate of drug-likeness (QED) is 0.804. The molecule has 2 saturated heterocycles. The molecule has 2 amide bonds. The van der Waals surface area contributed by atoms with Crippen molar-refractivity contribution in [2.24, 2.45) is 0 Å². The molecule has 1 N–H and O–H groups in total. The molecule has 0 aromatic heterocycles. The van der Waals surface area contributed by atoms with Crippen molar-refractivity contribution in [2.45, 2.75) is 30.7 Å². The Kier molecular flexibility index (Phi) is 4.92. The first-order valence-electron chi connectivity index (χ1n) is 7.68. The Hall–Kier alpha value is -1.80. The van der Waals surface area contributed by atoms with Gasteiger partial charge in [0.05, 0.1) is 9.89 Å². The Morgan fingerprint density at radius 3 is 3.00 bits per heavy atom. The van der Waals surface area contributed by atoms with Crippen LogP contribution in [0.2, 0.25) is 5.02 Å². The van der Waals surface area contributed by atoms with Crippen LogP contribution >= 0.6 is 23.4 Å². The molecule has 1 aromatic carbocycles. The highest BCUT2D eigenvalue weighted by molar-refractivity contribution is 8.01. The number of carbonyl (C=O) groups excluding carboxylic acids is 3. The normalized spacial score (nSPS) is 25.0. The molecule has 0 radical (unpaired) electrons. The summed E-state index contributed by atoms with van der Waals surface area (Å²) in [4.78, 5) is 37.3. The van der Waals surface area contributed by atoms with E-state index in [-0.39, 0.29) is 15.8 Å². The second-order valence-corrected chi connectivity index (χ2v) is 7.96. The summed E-state index contributed by atoms with van der Waals surface area (Å²) in [5, 5.41) is 2.34. The third-order valence-electron chi connectivity index (χ3n) is 4.27. The van der Waals surface area contributed by atoms with E-state index in [9.17, 15) is 18.8 Å². The smallest absolute Gasteiger partial charge is 0.330 e. The largest absolute Gasteiger partial charge is 0.454 e. The molecule has 0 bridgehead atoms. The molecular weight excluding hydrogens is 371 g/mol. The SMILES string of the molecule is C[C@]12CCC(=O)N1[C@@H](C(=O)OCC(=O)Nc1ccc(F)c(Cl)c1)CS2. The van der Waals surface area contributed by atoms with E-state index >= 15 is 0 Å². The Morgan fingerprint density at radius 2 is 2.28 bits per heavy atom. The molecule has 2 aliphatic heterocycles. The maximum Gasteiger partial charge on any atom is 0.330 e. The highest BCUT2D eigenvalue weighted by atomic mass is 35.5. The van der Waals surface area contributed by atoms with Crippen LogP contribution in [-0.2, 0) is 19.1 Å². The van der Waals surface area contributed by atoms with Crippen molar-refractivity contribution in [3.05, 3.63) is 29.0 Å². The number of anilines is 1. The Balaban J connectivity index is 1.54. The van der Waals surface area contributed by atoms with E-state index in [1.54, 1.807) is 16.7 Å². The summed E-state index contributed by atoms with van der Waals surface area (Å²) in [5.41, 5.74) is 0.297. The molecule has 0 saturated carbocycles. The molecule has 2 fully saturated rings. The molecule has 0 unspecified atom stereocenters. The number of amides is 2. The second kappa shape index (κ2) is 6.84. The number of hydrogen-bond donors (Lipinski definition) is 1. The van der Waals surface area contributed by atoms with E-state index in [0.717, 1.165) is 6.07 Å². The van der Waals surface area contributed by atoms with E-state index in [0.29, 0.717) is 24.3 Å². The molecule has 2 aliphatic rings. The number of fused-ring (bicyclic) bond motifs is 1. The van der Waals surface area contributed by atoms with Gasteiger partial charge in [-0.25, -0.2) is 9.18 Å². The summed E-state index contributed by atoms with van der Waals surface area (Å²) in [7, 11) is 0. The van der Waals surface area contributed by atoms with Crippen LogP contribution in [0.3, 0.4) is 0 Å². The van der Waals surface area contributed by atoms with Crippen molar-refractivity contribution in [3.8, 4) is 0 Å². The van der Waals surface area contributed by atoms with Gasteiger partial charge < -0.3 is 15.0 Å². The zero-order valence-electron chi connectivity index (χ0n) is 13.4. The van der Waals surface area contributed by atoms with Crippen LogP contribution in [0.5, 0.6) is 0 Å². The molecule has 9 heteroatoms. The van der Waals surface area contributed by atoms with Gasteiger partial charge in [-0.1, -0.05) is 11.6 Å². The van der Waals surface area contributed by atoms with Crippen molar-refractivity contribution in [1.29, 1.82) is 0 Å². The van der Waals surface area contributed by atoms with Crippen LogP contribution in [0.4, 0.5) is 10.1 Å². The van der Waals surface area contributed by atoms with Crippen LogP contribution < -0.4 is 5.32 Å². The summed E-state index contributed by atoms with van der Waals surface area (Å²) in [6.07, 6.45) is 1.12. The van der Waals surface area contributed by atoms with E-state index < -0.39 is 30.3 Å². The molecular formula is C16H16ClFN2O4S. The predicted octanol–water partition coefficient (Wildman–Crippen LogP) is 2.41. The average molecular weight is 387 g/mol. The maximum atomic E-state index is 13.1. The van der Waals surface area contributed by atoms with Crippen molar-refractivity contribution < 1.29 is 23.5 Å². The van der Waals surface area contributed by atoms with E-state index in [2.05, 4.69) is 5.32 Å². The van der Waals surface area contributed by atoms with Gasteiger partial charge in [0.1, 0.15) is 11.9 Å². The number of ether oxygens (including phenoxy) is 1. The molecule has 25 heavy (non-hydrogen) atoms. The zero-order chi connectivity index (χ0) is 18.2. The Bertz CT molecular complexity index is 747.